The molecule has 0 spiro atoms. The zero-order valence-corrected chi connectivity index (χ0v) is 9.76. The molecule has 1 fully saturated rings. The standard InChI is InChI=1S/C12H17N5/c1-2-11(6-13-3-1)12-7-14-9-17(12)8-10-4-15-16-5-10/h4-5,7,9,11,13H,1-3,6,8H2,(H,15,16). The lowest BCUT2D eigenvalue weighted by Gasteiger charge is -2.23. The largest absolute Gasteiger partial charge is 0.330 e. The molecule has 2 aromatic heterocycles. The molecule has 0 amide bonds. The number of hydrogen-bond donors (Lipinski definition) is 2. The van der Waals surface area contributed by atoms with Gasteiger partial charge >= 0.3 is 0 Å². The van der Waals surface area contributed by atoms with Gasteiger partial charge in [-0.15, -0.1) is 0 Å². The second kappa shape index (κ2) is 4.71. The first-order chi connectivity index (χ1) is 8.43. The summed E-state index contributed by atoms with van der Waals surface area (Å²) in [6.07, 6.45) is 10.2. The lowest BCUT2D eigenvalue weighted by atomic mass is 9.96. The molecule has 3 heterocycles. The van der Waals surface area contributed by atoms with E-state index in [1.54, 1.807) is 0 Å². The summed E-state index contributed by atoms with van der Waals surface area (Å²) in [6.45, 7) is 3.06. The molecule has 1 atom stereocenters. The van der Waals surface area contributed by atoms with Crippen molar-refractivity contribution in [1.29, 1.82) is 0 Å². The lowest BCUT2D eigenvalue weighted by molar-refractivity contribution is 0.444. The average Bonchev–Trinajstić information content (AvgIpc) is 3.02. The second-order valence-electron chi connectivity index (χ2n) is 4.60. The number of rotatable bonds is 3. The van der Waals surface area contributed by atoms with Crippen molar-refractivity contribution in [3.63, 3.8) is 0 Å². The summed E-state index contributed by atoms with van der Waals surface area (Å²) in [5, 5.41) is 10.3. The Labute approximate surface area is 100 Å². The van der Waals surface area contributed by atoms with Crippen LogP contribution in [0.2, 0.25) is 0 Å². The molecular formula is C12H17N5. The molecule has 1 saturated heterocycles. The van der Waals surface area contributed by atoms with Crippen molar-refractivity contribution in [3.05, 3.63) is 36.2 Å². The Morgan fingerprint density at radius 3 is 3.18 bits per heavy atom. The fourth-order valence-corrected chi connectivity index (χ4v) is 2.47. The van der Waals surface area contributed by atoms with E-state index in [1.165, 1.54) is 24.1 Å². The molecule has 1 unspecified atom stereocenters. The second-order valence-corrected chi connectivity index (χ2v) is 4.60. The van der Waals surface area contributed by atoms with Crippen LogP contribution in [0.1, 0.15) is 30.0 Å². The third-order valence-electron chi connectivity index (χ3n) is 3.37. The van der Waals surface area contributed by atoms with Gasteiger partial charge in [0.05, 0.1) is 19.1 Å². The quantitative estimate of drug-likeness (QED) is 0.832. The third kappa shape index (κ3) is 2.24. The predicted molar refractivity (Wildman–Crippen MR) is 64.8 cm³/mol. The minimum absolute atomic E-state index is 0.596. The molecule has 0 bridgehead atoms. The smallest absolute Gasteiger partial charge is 0.0951 e. The molecule has 1 aliphatic heterocycles. The maximum absolute atomic E-state index is 4.28. The molecular weight excluding hydrogens is 214 g/mol. The molecule has 2 aromatic rings. The normalized spacial score (nSPS) is 20.6. The van der Waals surface area contributed by atoms with Gasteiger partial charge in [-0.05, 0) is 19.4 Å². The van der Waals surface area contributed by atoms with Crippen LogP contribution in [-0.2, 0) is 6.54 Å². The molecule has 0 radical (unpaired) electrons. The summed E-state index contributed by atoms with van der Waals surface area (Å²) in [5.74, 6) is 0.596. The molecule has 17 heavy (non-hydrogen) atoms. The van der Waals surface area contributed by atoms with E-state index >= 15 is 0 Å². The first kappa shape index (κ1) is 10.5. The number of imidazole rings is 1. The van der Waals surface area contributed by atoms with Crippen molar-refractivity contribution in [2.45, 2.75) is 25.3 Å². The number of nitrogens with zero attached hydrogens (tertiary/aromatic N) is 3. The number of aromatic nitrogens is 4. The lowest BCUT2D eigenvalue weighted by Crippen LogP contribution is -2.29. The van der Waals surface area contributed by atoms with E-state index in [0.717, 1.165) is 19.6 Å². The molecule has 5 nitrogen and oxygen atoms in total. The van der Waals surface area contributed by atoms with Crippen molar-refractivity contribution in [1.82, 2.24) is 25.1 Å². The summed E-state index contributed by atoms with van der Waals surface area (Å²) >= 11 is 0. The van der Waals surface area contributed by atoms with Crippen LogP contribution in [0.25, 0.3) is 0 Å². The highest BCUT2D eigenvalue weighted by Crippen LogP contribution is 2.23. The van der Waals surface area contributed by atoms with Gasteiger partial charge in [-0.1, -0.05) is 0 Å². The highest BCUT2D eigenvalue weighted by atomic mass is 15.1. The summed E-state index contributed by atoms with van der Waals surface area (Å²) in [6, 6.07) is 0. The molecule has 1 aliphatic rings. The third-order valence-corrected chi connectivity index (χ3v) is 3.37. The van der Waals surface area contributed by atoms with Crippen molar-refractivity contribution in [2.24, 2.45) is 0 Å². The van der Waals surface area contributed by atoms with Crippen LogP contribution in [0.5, 0.6) is 0 Å². The van der Waals surface area contributed by atoms with E-state index in [1.807, 2.05) is 24.9 Å². The predicted octanol–water partition coefficient (Wildman–Crippen LogP) is 1.12. The highest BCUT2D eigenvalue weighted by molar-refractivity contribution is 5.12. The molecule has 0 aliphatic carbocycles. The van der Waals surface area contributed by atoms with Crippen molar-refractivity contribution < 1.29 is 0 Å². The van der Waals surface area contributed by atoms with Crippen LogP contribution in [0.3, 0.4) is 0 Å². The van der Waals surface area contributed by atoms with Gasteiger partial charge in [-0.2, -0.15) is 5.10 Å². The fraction of sp³-hybridized carbons (Fsp3) is 0.500. The van der Waals surface area contributed by atoms with E-state index in [4.69, 9.17) is 0 Å². The van der Waals surface area contributed by atoms with Crippen molar-refractivity contribution >= 4 is 0 Å². The number of nitrogens with one attached hydrogen (secondary N) is 2. The van der Waals surface area contributed by atoms with E-state index in [2.05, 4.69) is 25.1 Å². The molecule has 3 rings (SSSR count). The Morgan fingerprint density at radius 2 is 2.41 bits per heavy atom. The zero-order chi connectivity index (χ0) is 11.5. The zero-order valence-electron chi connectivity index (χ0n) is 9.76. The molecule has 2 N–H and O–H groups in total. The summed E-state index contributed by atoms with van der Waals surface area (Å²) in [5.41, 5.74) is 2.52. The Bertz CT molecular complexity index is 453. The summed E-state index contributed by atoms with van der Waals surface area (Å²) < 4.78 is 2.22. The Morgan fingerprint density at radius 1 is 1.41 bits per heavy atom. The minimum Gasteiger partial charge on any atom is -0.330 e. The van der Waals surface area contributed by atoms with Crippen LogP contribution in [0.4, 0.5) is 0 Å². The van der Waals surface area contributed by atoms with Gasteiger partial charge in [0, 0.05) is 36.1 Å². The number of aromatic amines is 1. The Hall–Kier alpha value is -1.62. The van der Waals surface area contributed by atoms with Gasteiger partial charge in [0.25, 0.3) is 0 Å². The monoisotopic (exact) mass is 231 g/mol. The molecule has 0 aromatic carbocycles. The maximum Gasteiger partial charge on any atom is 0.0951 e. The Kier molecular flexibility index (Phi) is 2.92. The van der Waals surface area contributed by atoms with Gasteiger partial charge < -0.3 is 9.88 Å². The first-order valence-electron chi connectivity index (χ1n) is 6.12. The number of H-pyrrole nitrogens is 1. The average molecular weight is 231 g/mol. The van der Waals surface area contributed by atoms with Gasteiger partial charge in [0.15, 0.2) is 0 Å². The minimum atomic E-state index is 0.596. The number of piperidine rings is 1. The van der Waals surface area contributed by atoms with Crippen LogP contribution < -0.4 is 5.32 Å². The van der Waals surface area contributed by atoms with Gasteiger partial charge in [0.1, 0.15) is 0 Å². The topological polar surface area (TPSA) is 58.5 Å². The van der Waals surface area contributed by atoms with Gasteiger partial charge in [-0.3, -0.25) is 5.10 Å². The van der Waals surface area contributed by atoms with E-state index < -0.39 is 0 Å². The van der Waals surface area contributed by atoms with Crippen molar-refractivity contribution in [2.75, 3.05) is 13.1 Å². The van der Waals surface area contributed by atoms with E-state index in [9.17, 15) is 0 Å². The fourth-order valence-electron chi connectivity index (χ4n) is 2.47. The van der Waals surface area contributed by atoms with Crippen LogP contribution in [0, 0.1) is 0 Å². The summed E-state index contributed by atoms with van der Waals surface area (Å²) in [7, 11) is 0. The van der Waals surface area contributed by atoms with Gasteiger partial charge in [0.2, 0.25) is 0 Å². The van der Waals surface area contributed by atoms with Crippen LogP contribution in [-0.4, -0.2) is 32.8 Å². The van der Waals surface area contributed by atoms with E-state index in [0.29, 0.717) is 5.92 Å². The SMILES string of the molecule is c1n[nH]cc1Cn1cncc1C1CCCNC1. The maximum atomic E-state index is 4.28. The summed E-state index contributed by atoms with van der Waals surface area (Å²) in [4.78, 5) is 4.28. The number of hydrogen-bond acceptors (Lipinski definition) is 3. The van der Waals surface area contributed by atoms with E-state index in [-0.39, 0.29) is 0 Å². The Balaban J connectivity index is 1.78. The van der Waals surface area contributed by atoms with Gasteiger partial charge in [-0.25, -0.2) is 4.98 Å². The first-order valence-corrected chi connectivity index (χ1v) is 6.12. The molecule has 90 valence electrons. The molecule has 0 saturated carbocycles. The van der Waals surface area contributed by atoms with Crippen LogP contribution >= 0.6 is 0 Å². The van der Waals surface area contributed by atoms with Crippen LogP contribution in [0.15, 0.2) is 24.9 Å². The highest BCUT2D eigenvalue weighted by Gasteiger charge is 2.18. The van der Waals surface area contributed by atoms with Crippen molar-refractivity contribution in [3.8, 4) is 0 Å². The molecule has 5 heteroatoms.